The third-order valence-corrected chi connectivity index (χ3v) is 0.827. The summed E-state index contributed by atoms with van der Waals surface area (Å²) in [7, 11) is -3.39. The van der Waals surface area contributed by atoms with Crippen LogP contribution >= 0.6 is 0 Å². The number of alkyl halides is 2. The smallest absolute Gasteiger partial charge is 0.201 e. The first kappa shape index (κ1) is 7.48. The predicted octanol–water partition coefficient (Wildman–Crippen LogP) is 0.230. The predicted molar refractivity (Wildman–Crippen MR) is 21.0 cm³/mol. The summed E-state index contributed by atoms with van der Waals surface area (Å²) in [6.07, 6.45) is -3.52. The molecule has 2 nitrogen and oxygen atoms in total. The maximum Gasteiger partial charge on any atom is 0.304 e. The summed E-state index contributed by atoms with van der Waals surface area (Å²) in [5, 5.41) is -2.31. The molecule has 0 aromatic heterocycles. The summed E-state index contributed by atoms with van der Waals surface area (Å²) in [6, 6.07) is 0. The van der Waals surface area contributed by atoms with Gasteiger partial charge in [-0.05, 0) is 0 Å². The van der Waals surface area contributed by atoms with Crippen LogP contribution in [0, 0.1) is 0 Å². The Hall–Kier alpha value is -0.520. The number of halogens is 3. The molecule has 0 aromatic carbocycles. The molecular weight excluding hydrogens is 145 g/mol. The fourth-order valence-corrected chi connectivity index (χ4v) is 0.218. The zero-order valence-electron chi connectivity index (χ0n) is 3.44. The molecule has 48 valence electrons. The van der Waals surface area contributed by atoms with Crippen LogP contribution in [-0.4, -0.2) is 20.0 Å². The fraction of sp³-hybridized carbons (Fsp3) is 0.500. The van der Waals surface area contributed by atoms with Crippen molar-refractivity contribution >= 4 is 15.4 Å². The highest BCUT2D eigenvalue weighted by molar-refractivity contribution is 7.72. The molecule has 0 N–H and O–H groups in total. The van der Waals surface area contributed by atoms with Crippen LogP contribution in [0.4, 0.5) is 13.2 Å². The maximum absolute atomic E-state index is 11.2. The monoisotopic (exact) mass is 146 g/mol. The summed E-state index contributed by atoms with van der Waals surface area (Å²) in [5.74, 6) is 0. The molecule has 8 heavy (non-hydrogen) atoms. The molecule has 0 saturated carbocycles. The first-order valence-electron chi connectivity index (χ1n) is 1.45. The second kappa shape index (κ2) is 2.71. The Morgan fingerprint density at radius 1 is 1.38 bits per heavy atom. The van der Waals surface area contributed by atoms with Gasteiger partial charge >= 0.3 is 6.43 Å². The molecule has 0 aromatic rings. The third-order valence-electron chi connectivity index (χ3n) is 0.331. The Morgan fingerprint density at radius 3 is 1.75 bits per heavy atom. The summed E-state index contributed by atoms with van der Waals surface area (Å²) in [6.45, 7) is 0. The lowest BCUT2D eigenvalue weighted by molar-refractivity contribution is 0.215. The van der Waals surface area contributed by atoms with E-state index in [1.165, 1.54) is 0 Å². The Bertz CT molecular complexity index is 183. The minimum absolute atomic E-state index is 2.31. The second-order valence-electron chi connectivity index (χ2n) is 0.840. The van der Waals surface area contributed by atoms with Crippen molar-refractivity contribution in [3.8, 4) is 0 Å². The minimum Gasteiger partial charge on any atom is -0.201 e. The van der Waals surface area contributed by atoms with E-state index < -0.39 is 21.8 Å². The van der Waals surface area contributed by atoms with Gasteiger partial charge in [-0.1, -0.05) is 0 Å². The van der Waals surface area contributed by atoms with Crippen molar-refractivity contribution in [2.75, 3.05) is 0 Å². The van der Waals surface area contributed by atoms with Crippen molar-refractivity contribution in [3.63, 3.8) is 0 Å². The van der Waals surface area contributed by atoms with E-state index in [1.54, 1.807) is 0 Å². The fourth-order valence-electron chi connectivity index (χ4n) is 0.0727. The van der Waals surface area contributed by atoms with Gasteiger partial charge in [-0.2, -0.15) is 12.8 Å². The average molecular weight is 146 g/mol. The van der Waals surface area contributed by atoms with Gasteiger partial charge in [0, 0.05) is 0 Å². The van der Waals surface area contributed by atoms with E-state index in [1.807, 2.05) is 0 Å². The standard InChI is InChI=1S/C2HF3O2S/c3-1(4)2(5)8(6)7/h1H. The molecule has 0 bridgehead atoms. The van der Waals surface area contributed by atoms with Crippen molar-refractivity contribution in [3.05, 3.63) is 0 Å². The van der Waals surface area contributed by atoms with Gasteiger partial charge in [0.05, 0.1) is 0 Å². The molecule has 0 amide bonds. The van der Waals surface area contributed by atoms with Crippen LogP contribution in [0.5, 0.6) is 0 Å². The van der Waals surface area contributed by atoms with Gasteiger partial charge in [0.1, 0.15) is 0 Å². The van der Waals surface area contributed by atoms with E-state index in [2.05, 4.69) is 0 Å². The molecule has 0 rings (SSSR count). The Labute approximate surface area is 44.5 Å². The average Bonchev–Trinajstić information content (AvgIpc) is 1.64. The zero-order valence-corrected chi connectivity index (χ0v) is 4.25. The number of rotatable bonds is 1. The lowest BCUT2D eigenvalue weighted by Crippen LogP contribution is -2.03. The van der Waals surface area contributed by atoms with E-state index in [-0.39, 0.29) is 0 Å². The van der Waals surface area contributed by atoms with Crippen LogP contribution in [0.15, 0.2) is 0 Å². The van der Waals surface area contributed by atoms with Gasteiger partial charge in [0.15, 0.2) is 0 Å². The highest BCUT2D eigenvalue weighted by atomic mass is 32.2. The molecule has 6 heteroatoms. The van der Waals surface area contributed by atoms with Gasteiger partial charge in [0.25, 0.3) is 15.4 Å². The van der Waals surface area contributed by atoms with Crippen LogP contribution in [0.25, 0.3) is 0 Å². The van der Waals surface area contributed by atoms with Crippen LogP contribution in [0.2, 0.25) is 0 Å². The van der Waals surface area contributed by atoms with Crippen molar-refractivity contribution < 1.29 is 21.6 Å². The molecule has 0 saturated heterocycles. The quantitative estimate of drug-likeness (QED) is 0.392. The lowest BCUT2D eigenvalue weighted by atomic mass is 10.8. The van der Waals surface area contributed by atoms with Gasteiger partial charge in [0.2, 0.25) is 0 Å². The van der Waals surface area contributed by atoms with Gasteiger partial charge in [-0.25, -0.2) is 8.78 Å². The molecule has 0 unspecified atom stereocenters. The molecule has 0 aliphatic heterocycles. The molecule has 0 spiro atoms. The Morgan fingerprint density at radius 2 is 1.75 bits per heavy atom. The molecular formula is C2HF3O2S. The molecule has 0 radical (unpaired) electrons. The highest BCUT2D eigenvalue weighted by Gasteiger charge is 2.12. The summed E-state index contributed by atoms with van der Waals surface area (Å²) in [5.41, 5.74) is 0. The van der Waals surface area contributed by atoms with Gasteiger partial charge < -0.3 is 0 Å². The number of hydrogen-bond acceptors (Lipinski definition) is 2. The highest BCUT2D eigenvalue weighted by Crippen LogP contribution is 1.94. The summed E-state index contributed by atoms with van der Waals surface area (Å²) >= 11 is 0. The number of hydrogen-bond donors (Lipinski definition) is 0. The van der Waals surface area contributed by atoms with Crippen molar-refractivity contribution in [2.24, 2.45) is 0 Å². The van der Waals surface area contributed by atoms with Crippen molar-refractivity contribution in [1.29, 1.82) is 0 Å². The summed E-state index contributed by atoms with van der Waals surface area (Å²) < 4.78 is 51.4. The normalized spacial score (nSPS) is 9.50. The van der Waals surface area contributed by atoms with Crippen LogP contribution in [-0.2, 0) is 10.3 Å². The van der Waals surface area contributed by atoms with E-state index >= 15 is 0 Å². The molecule has 0 aliphatic carbocycles. The molecule has 0 fully saturated rings. The second-order valence-corrected chi connectivity index (χ2v) is 1.70. The Balaban J connectivity index is 4.50. The maximum atomic E-state index is 11.2. The zero-order chi connectivity index (χ0) is 6.73. The van der Waals surface area contributed by atoms with Crippen molar-refractivity contribution in [1.82, 2.24) is 0 Å². The first-order chi connectivity index (χ1) is 3.55. The van der Waals surface area contributed by atoms with E-state index in [4.69, 9.17) is 0 Å². The van der Waals surface area contributed by atoms with Crippen LogP contribution in [0.1, 0.15) is 0 Å². The summed E-state index contributed by atoms with van der Waals surface area (Å²) in [4.78, 5) is 0. The third kappa shape index (κ3) is 1.97. The Kier molecular flexibility index (Phi) is 2.53. The molecule has 0 atom stereocenters. The first-order valence-corrected chi connectivity index (χ1v) is 2.53. The van der Waals surface area contributed by atoms with E-state index in [9.17, 15) is 21.6 Å². The van der Waals surface area contributed by atoms with Gasteiger partial charge in [-0.15, -0.1) is 0 Å². The van der Waals surface area contributed by atoms with Crippen LogP contribution in [0.3, 0.4) is 0 Å². The molecule has 0 heterocycles. The van der Waals surface area contributed by atoms with Crippen LogP contribution < -0.4 is 0 Å². The van der Waals surface area contributed by atoms with Gasteiger partial charge in [-0.3, -0.25) is 0 Å². The SMILES string of the molecule is O=S(=O)=C(F)C(F)F. The lowest BCUT2D eigenvalue weighted by Gasteiger charge is -1.81. The largest absolute Gasteiger partial charge is 0.304 e. The van der Waals surface area contributed by atoms with E-state index in [0.29, 0.717) is 0 Å². The minimum atomic E-state index is -3.52. The topological polar surface area (TPSA) is 34.1 Å². The van der Waals surface area contributed by atoms with Crippen molar-refractivity contribution in [2.45, 2.75) is 6.43 Å². The van der Waals surface area contributed by atoms with E-state index in [0.717, 1.165) is 0 Å². The molecule has 0 aliphatic rings.